The second-order valence-electron chi connectivity index (χ2n) is 15.0. The monoisotopic (exact) mass is 803 g/mol. The maximum Gasteiger partial charge on any atom is 0.416 e. The molecule has 0 unspecified atom stereocenters. The molecule has 0 bridgehead atoms. The lowest BCUT2D eigenvalue weighted by atomic mass is 10.0. The molecule has 2 aromatic carbocycles. The number of ether oxygens (including phenoxy) is 1. The number of alkyl halides is 3. The van der Waals surface area contributed by atoms with Gasteiger partial charge in [0.05, 0.1) is 22.5 Å². The first-order valence-electron chi connectivity index (χ1n) is 18.2. The predicted molar refractivity (Wildman–Crippen MR) is 197 cm³/mol. The summed E-state index contributed by atoms with van der Waals surface area (Å²) in [4.78, 5) is 48.5. The van der Waals surface area contributed by atoms with Crippen LogP contribution in [-0.4, -0.2) is 71.0 Å². The number of carbonyl (C=O) groups is 3. The number of rotatable bonds is 8. The van der Waals surface area contributed by atoms with Crippen LogP contribution in [-0.2, 0) is 30.6 Å². The number of amides is 3. The first-order valence-corrected chi connectivity index (χ1v) is 20.6. The van der Waals surface area contributed by atoms with Crippen molar-refractivity contribution in [2.24, 2.45) is 5.92 Å². The Kier molecular flexibility index (Phi) is 10.5. The van der Waals surface area contributed by atoms with Gasteiger partial charge in [-0.3, -0.25) is 19.1 Å². The van der Waals surface area contributed by atoms with Crippen molar-refractivity contribution in [3.8, 4) is 16.5 Å². The number of nitrogens with one attached hydrogen (secondary N) is 3. The molecule has 3 amide bonds. The molecule has 7 rings (SSSR count). The highest BCUT2D eigenvalue weighted by molar-refractivity contribution is 7.91. The standard InChI is InChI=1S/C38H41F4N5O6S2/c1-36(14-15-36)55(51,52)46-34(50)37-20-24(37)12-8-3-2-4-9-13-29(43-27-17-25(38(40,41)42)16-26(39)18-27)33(49)47-21-28(19-31(47)32(48)45-37)53-35-44-30(22-54-35)23-10-6-5-7-11-23/h5-8,10-12,16-18,22,24,28-29,31,43H,2-4,9,13-15,19-21H2,1H3,(H,45,48)(H,46,50)/t24-,28-,29+,31+,37-/m1/s1. The van der Waals surface area contributed by atoms with Gasteiger partial charge in [0.15, 0.2) is 0 Å². The van der Waals surface area contributed by atoms with Gasteiger partial charge in [-0.1, -0.05) is 66.7 Å². The molecule has 2 aliphatic carbocycles. The van der Waals surface area contributed by atoms with E-state index in [9.17, 15) is 40.4 Å². The number of thiazole rings is 1. The van der Waals surface area contributed by atoms with Crippen LogP contribution in [0.4, 0.5) is 23.2 Å². The van der Waals surface area contributed by atoms with Crippen LogP contribution in [0, 0.1) is 11.7 Å². The van der Waals surface area contributed by atoms with E-state index in [4.69, 9.17) is 4.74 Å². The Hall–Kier alpha value is -4.51. The Balaban J connectivity index is 1.19. The molecule has 3 aromatic rings. The summed E-state index contributed by atoms with van der Waals surface area (Å²) < 4.78 is 88.9. The molecular formula is C38H41F4N5O6S2. The summed E-state index contributed by atoms with van der Waals surface area (Å²) in [6.45, 7) is 1.44. The van der Waals surface area contributed by atoms with E-state index in [1.54, 1.807) is 13.0 Å². The third-order valence-corrected chi connectivity index (χ3v) is 13.8. The number of sulfonamides is 1. The minimum Gasteiger partial charge on any atom is -0.465 e. The van der Waals surface area contributed by atoms with Crippen molar-refractivity contribution in [1.82, 2.24) is 19.9 Å². The molecule has 55 heavy (non-hydrogen) atoms. The summed E-state index contributed by atoms with van der Waals surface area (Å²) in [5.41, 5.74) is -1.55. The van der Waals surface area contributed by atoms with E-state index in [1.165, 1.54) is 16.2 Å². The molecule has 1 saturated heterocycles. The summed E-state index contributed by atoms with van der Waals surface area (Å²) in [7, 11) is -4.04. The molecule has 1 aromatic heterocycles. The minimum atomic E-state index is -4.84. The van der Waals surface area contributed by atoms with Gasteiger partial charge < -0.3 is 20.3 Å². The zero-order valence-electron chi connectivity index (χ0n) is 29.9. The van der Waals surface area contributed by atoms with Crippen LogP contribution in [0.1, 0.15) is 70.3 Å². The second kappa shape index (κ2) is 14.9. The van der Waals surface area contributed by atoms with Gasteiger partial charge in [0.2, 0.25) is 21.8 Å². The van der Waals surface area contributed by atoms with Gasteiger partial charge in [0, 0.05) is 29.0 Å². The number of carbonyl (C=O) groups excluding carboxylic acids is 3. The Labute approximate surface area is 320 Å². The Morgan fingerprint density at radius 3 is 2.58 bits per heavy atom. The average Bonchev–Trinajstić information content (AvgIpc) is 3.92. The topological polar surface area (TPSA) is 147 Å². The average molecular weight is 804 g/mol. The van der Waals surface area contributed by atoms with Crippen molar-refractivity contribution >= 4 is 44.8 Å². The predicted octanol–water partition coefficient (Wildman–Crippen LogP) is 6.19. The van der Waals surface area contributed by atoms with Gasteiger partial charge in [0.1, 0.15) is 29.5 Å². The summed E-state index contributed by atoms with van der Waals surface area (Å²) in [5.74, 6) is -3.85. The van der Waals surface area contributed by atoms with E-state index >= 15 is 0 Å². The first-order chi connectivity index (χ1) is 26.1. The second-order valence-corrected chi connectivity index (χ2v) is 18.0. The zero-order valence-corrected chi connectivity index (χ0v) is 31.5. The molecule has 294 valence electrons. The van der Waals surface area contributed by atoms with Gasteiger partial charge in [-0.2, -0.15) is 13.2 Å². The van der Waals surface area contributed by atoms with Crippen LogP contribution in [0.3, 0.4) is 0 Å². The molecule has 5 atom stereocenters. The minimum absolute atomic E-state index is 0.0305. The fraction of sp³-hybridized carbons (Fsp3) is 0.474. The van der Waals surface area contributed by atoms with Crippen LogP contribution in [0.5, 0.6) is 5.19 Å². The molecule has 4 aliphatic rings. The van der Waals surface area contributed by atoms with E-state index in [0.29, 0.717) is 50.3 Å². The molecule has 3 N–H and O–H groups in total. The van der Waals surface area contributed by atoms with Crippen molar-refractivity contribution in [3.63, 3.8) is 0 Å². The van der Waals surface area contributed by atoms with Crippen LogP contribution in [0.15, 0.2) is 66.1 Å². The van der Waals surface area contributed by atoms with Crippen LogP contribution < -0.4 is 20.1 Å². The van der Waals surface area contributed by atoms with Gasteiger partial charge in [-0.15, -0.1) is 0 Å². The summed E-state index contributed by atoms with van der Waals surface area (Å²) in [6.07, 6.45) is 1.54. The highest BCUT2D eigenvalue weighted by atomic mass is 32.2. The van der Waals surface area contributed by atoms with Crippen molar-refractivity contribution in [1.29, 1.82) is 0 Å². The van der Waals surface area contributed by atoms with Gasteiger partial charge in [0.25, 0.3) is 11.1 Å². The number of fused-ring (bicyclic) bond motifs is 2. The largest absolute Gasteiger partial charge is 0.465 e. The lowest BCUT2D eigenvalue weighted by Crippen LogP contribution is -2.58. The molecule has 17 heteroatoms. The van der Waals surface area contributed by atoms with Crippen LogP contribution in [0.25, 0.3) is 11.3 Å². The number of allylic oxidation sites excluding steroid dienone is 1. The SMILES string of the molecule is CC1(S(=O)(=O)NC(=O)[C@@]23C[C@H]2C=CCCCCC[C@H](Nc2cc(F)cc(C(F)(F)F)c2)C(=O)N2C[C@H](Oc4nc(-c5ccccc5)cs4)C[C@H]2C(=O)N3)CC1. The Morgan fingerprint density at radius 2 is 1.85 bits per heavy atom. The van der Waals surface area contributed by atoms with E-state index in [-0.39, 0.29) is 36.7 Å². The van der Waals surface area contributed by atoms with Crippen molar-refractivity contribution in [2.75, 3.05) is 11.9 Å². The summed E-state index contributed by atoms with van der Waals surface area (Å²) in [5, 5.41) is 7.72. The van der Waals surface area contributed by atoms with Gasteiger partial charge in [-0.25, -0.2) is 17.8 Å². The van der Waals surface area contributed by atoms with Crippen LogP contribution in [0.2, 0.25) is 0 Å². The molecule has 0 radical (unpaired) electrons. The summed E-state index contributed by atoms with van der Waals surface area (Å²) >= 11 is 1.23. The number of nitrogens with zero attached hydrogens (tertiary/aromatic N) is 2. The maximum absolute atomic E-state index is 14.5. The van der Waals surface area contributed by atoms with Crippen molar-refractivity contribution in [2.45, 2.75) is 99.4 Å². The smallest absolute Gasteiger partial charge is 0.416 e. The number of hydrogen-bond donors (Lipinski definition) is 3. The maximum atomic E-state index is 14.5. The van der Waals surface area contributed by atoms with Crippen molar-refractivity contribution < 1.29 is 45.1 Å². The number of hydrogen-bond acceptors (Lipinski definition) is 9. The number of benzene rings is 2. The third-order valence-electron chi connectivity index (χ3n) is 10.9. The quantitative estimate of drug-likeness (QED) is 0.181. The lowest BCUT2D eigenvalue weighted by Gasteiger charge is -2.30. The molecule has 3 heterocycles. The van der Waals surface area contributed by atoms with Crippen LogP contribution >= 0.6 is 11.3 Å². The molecule has 11 nitrogen and oxygen atoms in total. The zero-order chi connectivity index (χ0) is 39.2. The van der Waals surface area contributed by atoms with Gasteiger partial charge in [-0.05, 0) is 63.6 Å². The lowest BCUT2D eigenvalue weighted by molar-refractivity contribution is -0.140. The van der Waals surface area contributed by atoms with E-state index in [2.05, 4.69) is 20.3 Å². The van der Waals surface area contributed by atoms with E-state index in [0.717, 1.165) is 17.7 Å². The molecule has 2 saturated carbocycles. The number of aromatic nitrogens is 1. The summed E-state index contributed by atoms with van der Waals surface area (Å²) in [6, 6.07) is 9.00. The van der Waals surface area contributed by atoms with E-state index in [1.807, 2.05) is 41.8 Å². The first kappa shape index (κ1) is 38.8. The highest BCUT2D eigenvalue weighted by Gasteiger charge is 2.63. The Bertz CT molecular complexity index is 2090. The highest BCUT2D eigenvalue weighted by Crippen LogP contribution is 2.47. The number of anilines is 1. The van der Waals surface area contributed by atoms with E-state index < -0.39 is 79.7 Å². The molecule has 3 fully saturated rings. The Morgan fingerprint density at radius 1 is 1.09 bits per heavy atom. The normalized spacial score (nSPS) is 26.8. The van der Waals surface area contributed by atoms with Crippen molar-refractivity contribution in [3.05, 3.63) is 77.4 Å². The molecule has 0 spiro atoms. The third kappa shape index (κ3) is 8.37. The fourth-order valence-corrected chi connectivity index (χ4v) is 9.24. The van der Waals surface area contributed by atoms with Gasteiger partial charge >= 0.3 is 6.18 Å². The molecular weight excluding hydrogens is 763 g/mol. The number of halogens is 4. The fourth-order valence-electron chi connectivity index (χ4n) is 7.18. The molecule has 2 aliphatic heterocycles.